The fraction of sp³-hybridized carbons (Fsp3) is 0.846. The zero-order chi connectivity index (χ0) is 13.6. The van der Waals surface area contributed by atoms with Crippen LogP contribution in [0.4, 0.5) is 0 Å². The lowest BCUT2D eigenvalue weighted by Crippen LogP contribution is -2.64. The zero-order valence-electron chi connectivity index (χ0n) is 11.4. The van der Waals surface area contributed by atoms with Crippen molar-refractivity contribution in [2.75, 3.05) is 6.54 Å². The standard InChI is InChI=1S/C13H21NO4/c1-8(2)17-10(15)13-9(6-5-7-14-13)12(3,4)18-11(13)16/h8-9,14H,5-7H2,1-4H3. The Hall–Kier alpha value is -1.10. The maximum atomic E-state index is 12.3. The molecule has 2 saturated heterocycles. The molecule has 0 saturated carbocycles. The predicted octanol–water partition coefficient (Wildman–Crippen LogP) is 1.01. The van der Waals surface area contributed by atoms with Crippen molar-refractivity contribution in [2.45, 2.75) is 57.8 Å². The summed E-state index contributed by atoms with van der Waals surface area (Å²) in [6, 6.07) is 0. The quantitative estimate of drug-likeness (QED) is 0.589. The van der Waals surface area contributed by atoms with E-state index in [9.17, 15) is 9.59 Å². The van der Waals surface area contributed by atoms with E-state index in [-0.39, 0.29) is 12.0 Å². The minimum Gasteiger partial charge on any atom is -0.461 e. The van der Waals surface area contributed by atoms with Gasteiger partial charge in [0, 0.05) is 5.92 Å². The van der Waals surface area contributed by atoms with Crippen molar-refractivity contribution < 1.29 is 19.1 Å². The average molecular weight is 255 g/mol. The lowest BCUT2D eigenvalue weighted by molar-refractivity contribution is -0.165. The third kappa shape index (κ3) is 1.81. The zero-order valence-corrected chi connectivity index (χ0v) is 11.4. The predicted molar refractivity (Wildman–Crippen MR) is 64.9 cm³/mol. The van der Waals surface area contributed by atoms with Crippen LogP contribution < -0.4 is 5.32 Å². The van der Waals surface area contributed by atoms with Crippen LogP contribution in [0, 0.1) is 5.92 Å². The van der Waals surface area contributed by atoms with Gasteiger partial charge in [-0.15, -0.1) is 0 Å². The van der Waals surface area contributed by atoms with Crippen LogP contribution in [-0.4, -0.2) is 35.7 Å². The lowest BCUT2D eigenvalue weighted by Gasteiger charge is -2.38. The van der Waals surface area contributed by atoms with E-state index in [0.717, 1.165) is 12.8 Å². The van der Waals surface area contributed by atoms with Gasteiger partial charge in [-0.25, -0.2) is 9.59 Å². The molecule has 18 heavy (non-hydrogen) atoms. The Morgan fingerprint density at radius 3 is 2.78 bits per heavy atom. The third-order valence-electron chi connectivity index (χ3n) is 3.78. The van der Waals surface area contributed by atoms with Crippen LogP contribution in [0.3, 0.4) is 0 Å². The first-order valence-electron chi connectivity index (χ1n) is 6.50. The maximum absolute atomic E-state index is 12.3. The Kier molecular flexibility index (Phi) is 3.13. The largest absolute Gasteiger partial charge is 0.461 e. The molecule has 1 N–H and O–H groups in total. The molecule has 2 rings (SSSR count). The van der Waals surface area contributed by atoms with Crippen LogP contribution >= 0.6 is 0 Å². The molecule has 0 bridgehead atoms. The van der Waals surface area contributed by atoms with Crippen LogP contribution in [0.1, 0.15) is 40.5 Å². The van der Waals surface area contributed by atoms with Crippen molar-refractivity contribution in [3.05, 3.63) is 0 Å². The van der Waals surface area contributed by atoms with E-state index in [4.69, 9.17) is 9.47 Å². The third-order valence-corrected chi connectivity index (χ3v) is 3.78. The molecule has 5 heteroatoms. The van der Waals surface area contributed by atoms with Gasteiger partial charge in [0.15, 0.2) is 0 Å². The molecule has 0 spiro atoms. The Bertz CT molecular complexity index is 377. The molecule has 2 aliphatic heterocycles. The number of carbonyl (C=O) groups is 2. The fourth-order valence-electron chi connectivity index (χ4n) is 3.01. The summed E-state index contributed by atoms with van der Waals surface area (Å²) in [6.45, 7) is 7.89. The van der Waals surface area contributed by atoms with Gasteiger partial charge in [-0.1, -0.05) is 0 Å². The monoisotopic (exact) mass is 255 g/mol. The number of hydrogen-bond acceptors (Lipinski definition) is 5. The minimum atomic E-state index is -1.30. The summed E-state index contributed by atoms with van der Waals surface area (Å²) < 4.78 is 10.7. The van der Waals surface area contributed by atoms with Crippen LogP contribution in [0.2, 0.25) is 0 Å². The number of piperidine rings is 1. The molecule has 0 amide bonds. The molecule has 2 aliphatic rings. The molecule has 0 aromatic carbocycles. The highest BCUT2D eigenvalue weighted by Gasteiger charge is 2.67. The first-order valence-corrected chi connectivity index (χ1v) is 6.50. The molecular weight excluding hydrogens is 234 g/mol. The minimum absolute atomic E-state index is 0.169. The average Bonchev–Trinajstić information content (AvgIpc) is 2.47. The molecule has 2 heterocycles. The number of nitrogens with one attached hydrogen (secondary N) is 1. The van der Waals surface area contributed by atoms with E-state index in [1.165, 1.54) is 0 Å². The Morgan fingerprint density at radius 2 is 2.17 bits per heavy atom. The molecule has 2 atom stereocenters. The summed E-state index contributed by atoms with van der Waals surface area (Å²) >= 11 is 0. The maximum Gasteiger partial charge on any atom is 0.339 e. The van der Waals surface area contributed by atoms with Crippen molar-refractivity contribution in [1.29, 1.82) is 0 Å². The second kappa shape index (κ2) is 4.23. The van der Waals surface area contributed by atoms with Gasteiger partial charge in [-0.05, 0) is 47.1 Å². The number of cyclic esters (lactones) is 1. The summed E-state index contributed by atoms with van der Waals surface area (Å²) in [5.41, 5.74) is -1.92. The van der Waals surface area contributed by atoms with Crippen LogP contribution in [0.5, 0.6) is 0 Å². The van der Waals surface area contributed by atoms with Crippen molar-refractivity contribution in [1.82, 2.24) is 5.32 Å². The highest BCUT2D eigenvalue weighted by Crippen LogP contribution is 2.45. The fourth-order valence-corrected chi connectivity index (χ4v) is 3.01. The van der Waals surface area contributed by atoms with E-state index >= 15 is 0 Å². The van der Waals surface area contributed by atoms with Gasteiger partial charge in [0.1, 0.15) is 5.60 Å². The molecule has 0 aliphatic carbocycles. The van der Waals surface area contributed by atoms with Gasteiger partial charge < -0.3 is 9.47 Å². The van der Waals surface area contributed by atoms with E-state index < -0.39 is 23.1 Å². The molecular formula is C13H21NO4. The SMILES string of the molecule is CC(C)OC(=O)C12NCCCC1C(C)(C)OC2=O. The number of carbonyl (C=O) groups excluding carboxylic acids is 2. The number of ether oxygens (including phenoxy) is 2. The molecule has 5 nitrogen and oxygen atoms in total. The van der Waals surface area contributed by atoms with E-state index in [1.807, 2.05) is 13.8 Å². The van der Waals surface area contributed by atoms with Gasteiger partial charge in [0.05, 0.1) is 6.10 Å². The summed E-state index contributed by atoms with van der Waals surface area (Å²) in [5, 5.41) is 3.06. The molecule has 2 unspecified atom stereocenters. The topological polar surface area (TPSA) is 64.6 Å². The van der Waals surface area contributed by atoms with E-state index in [0.29, 0.717) is 6.54 Å². The van der Waals surface area contributed by atoms with Crippen molar-refractivity contribution in [3.63, 3.8) is 0 Å². The van der Waals surface area contributed by atoms with Gasteiger partial charge in [0.25, 0.3) is 0 Å². The highest BCUT2D eigenvalue weighted by molar-refractivity contribution is 6.07. The van der Waals surface area contributed by atoms with Gasteiger partial charge in [0.2, 0.25) is 5.54 Å². The van der Waals surface area contributed by atoms with Crippen LogP contribution in [-0.2, 0) is 19.1 Å². The molecule has 0 radical (unpaired) electrons. The number of fused-ring (bicyclic) bond motifs is 1. The van der Waals surface area contributed by atoms with Crippen molar-refractivity contribution in [3.8, 4) is 0 Å². The van der Waals surface area contributed by atoms with Gasteiger partial charge in [-0.2, -0.15) is 0 Å². The second-order valence-corrected chi connectivity index (χ2v) is 5.88. The van der Waals surface area contributed by atoms with Crippen LogP contribution in [0.15, 0.2) is 0 Å². The van der Waals surface area contributed by atoms with Crippen LogP contribution in [0.25, 0.3) is 0 Å². The van der Waals surface area contributed by atoms with Crippen molar-refractivity contribution >= 4 is 11.9 Å². The van der Waals surface area contributed by atoms with Gasteiger partial charge in [-0.3, -0.25) is 5.32 Å². The first kappa shape index (κ1) is 13.3. The summed E-state index contributed by atoms with van der Waals surface area (Å²) in [4.78, 5) is 24.5. The molecule has 0 aromatic rings. The van der Waals surface area contributed by atoms with Crippen molar-refractivity contribution in [2.24, 2.45) is 5.92 Å². The normalized spacial score (nSPS) is 34.1. The Balaban J connectivity index is 2.36. The number of rotatable bonds is 2. The number of esters is 2. The van der Waals surface area contributed by atoms with Gasteiger partial charge >= 0.3 is 11.9 Å². The second-order valence-electron chi connectivity index (χ2n) is 5.88. The molecule has 102 valence electrons. The van der Waals surface area contributed by atoms with E-state index in [2.05, 4.69) is 5.32 Å². The molecule has 0 aromatic heterocycles. The van der Waals surface area contributed by atoms with E-state index in [1.54, 1.807) is 13.8 Å². The lowest BCUT2D eigenvalue weighted by atomic mass is 9.72. The smallest absolute Gasteiger partial charge is 0.339 e. The highest BCUT2D eigenvalue weighted by atomic mass is 16.6. The Morgan fingerprint density at radius 1 is 1.50 bits per heavy atom. The number of hydrogen-bond donors (Lipinski definition) is 1. The summed E-state index contributed by atoms with van der Waals surface area (Å²) in [7, 11) is 0. The Labute approximate surface area is 107 Å². The summed E-state index contributed by atoms with van der Waals surface area (Å²) in [6.07, 6.45) is 1.48. The molecule has 2 fully saturated rings. The first-order chi connectivity index (χ1) is 8.30. The summed E-state index contributed by atoms with van der Waals surface area (Å²) in [5.74, 6) is -1.17.